The summed E-state index contributed by atoms with van der Waals surface area (Å²) in [7, 11) is 0. The highest BCUT2D eigenvalue weighted by atomic mass is 32.1. The SMILES string of the molecule is CCn1nc(C)c2[nH]c(=S)n(CC3CCCO3)c(=O)c21. The van der Waals surface area contributed by atoms with Gasteiger partial charge in [-0.05, 0) is 38.9 Å². The topological polar surface area (TPSA) is 64.8 Å². The molecule has 0 bridgehead atoms. The third kappa shape index (κ3) is 2.10. The number of fused-ring (bicyclic) bond motifs is 1. The molecule has 2 aromatic rings. The zero-order valence-electron chi connectivity index (χ0n) is 11.7. The van der Waals surface area contributed by atoms with E-state index in [1.807, 2.05) is 13.8 Å². The largest absolute Gasteiger partial charge is 0.376 e. The van der Waals surface area contributed by atoms with E-state index in [4.69, 9.17) is 17.0 Å². The van der Waals surface area contributed by atoms with Gasteiger partial charge in [-0.25, -0.2) is 0 Å². The maximum Gasteiger partial charge on any atom is 0.280 e. The third-order valence-corrected chi connectivity index (χ3v) is 4.08. The number of aryl methyl sites for hydroxylation is 2. The Balaban J connectivity index is 2.17. The second-order valence-corrected chi connectivity index (χ2v) is 5.49. The number of H-pyrrole nitrogens is 1. The molecule has 108 valence electrons. The molecule has 1 N–H and O–H groups in total. The maximum atomic E-state index is 12.7. The first kappa shape index (κ1) is 13.5. The minimum atomic E-state index is -0.0818. The molecule has 0 saturated carbocycles. The highest BCUT2D eigenvalue weighted by molar-refractivity contribution is 7.71. The summed E-state index contributed by atoms with van der Waals surface area (Å²) < 4.78 is 9.36. The Hall–Kier alpha value is -1.47. The van der Waals surface area contributed by atoms with Crippen LogP contribution in [0.4, 0.5) is 0 Å². The van der Waals surface area contributed by atoms with Crippen molar-refractivity contribution >= 4 is 23.3 Å². The number of hydrogen-bond donors (Lipinski definition) is 1. The van der Waals surface area contributed by atoms with Gasteiger partial charge in [0.25, 0.3) is 5.56 Å². The van der Waals surface area contributed by atoms with Gasteiger partial charge in [0, 0.05) is 13.2 Å². The van der Waals surface area contributed by atoms with Crippen LogP contribution in [0.1, 0.15) is 25.5 Å². The van der Waals surface area contributed by atoms with Crippen LogP contribution >= 0.6 is 12.2 Å². The van der Waals surface area contributed by atoms with Crippen LogP contribution in [-0.4, -0.2) is 32.0 Å². The Labute approximate surface area is 121 Å². The summed E-state index contributed by atoms with van der Waals surface area (Å²) in [6.45, 7) is 5.79. The fraction of sp³-hybridized carbons (Fsp3) is 0.615. The predicted molar refractivity (Wildman–Crippen MR) is 78.6 cm³/mol. The second kappa shape index (κ2) is 5.14. The van der Waals surface area contributed by atoms with Gasteiger partial charge >= 0.3 is 0 Å². The maximum absolute atomic E-state index is 12.7. The molecule has 1 unspecified atom stereocenters. The number of nitrogens with zero attached hydrogens (tertiary/aromatic N) is 3. The normalized spacial score (nSPS) is 19.0. The number of aromatic amines is 1. The van der Waals surface area contributed by atoms with Crippen LogP contribution in [0.3, 0.4) is 0 Å². The quantitative estimate of drug-likeness (QED) is 0.876. The zero-order valence-corrected chi connectivity index (χ0v) is 12.5. The molecule has 2 aromatic heterocycles. The van der Waals surface area contributed by atoms with Crippen molar-refractivity contribution < 1.29 is 4.74 Å². The third-order valence-electron chi connectivity index (χ3n) is 3.76. The lowest BCUT2D eigenvalue weighted by molar-refractivity contribution is 0.0956. The predicted octanol–water partition coefficient (Wildman–Crippen LogP) is 1.76. The summed E-state index contributed by atoms with van der Waals surface area (Å²) in [5.41, 5.74) is 2.05. The van der Waals surface area contributed by atoms with Gasteiger partial charge < -0.3 is 9.72 Å². The molecule has 0 radical (unpaired) electrons. The van der Waals surface area contributed by atoms with Crippen LogP contribution in [0, 0.1) is 11.7 Å². The number of nitrogens with one attached hydrogen (secondary N) is 1. The Morgan fingerprint density at radius 1 is 1.55 bits per heavy atom. The first-order valence-electron chi connectivity index (χ1n) is 6.93. The molecule has 0 amide bonds. The minimum absolute atomic E-state index is 0.0818. The lowest BCUT2D eigenvalue weighted by Gasteiger charge is -2.12. The molecule has 0 spiro atoms. The summed E-state index contributed by atoms with van der Waals surface area (Å²) >= 11 is 5.32. The van der Waals surface area contributed by atoms with Crippen molar-refractivity contribution in [3.8, 4) is 0 Å². The molecule has 1 saturated heterocycles. The van der Waals surface area contributed by atoms with Crippen LogP contribution in [-0.2, 0) is 17.8 Å². The van der Waals surface area contributed by atoms with E-state index in [2.05, 4.69) is 10.1 Å². The zero-order chi connectivity index (χ0) is 14.3. The van der Waals surface area contributed by atoms with Gasteiger partial charge in [0.1, 0.15) is 0 Å². The summed E-state index contributed by atoms with van der Waals surface area (Å²) in [4.78, 5) is 15.8. The summed E-state index contributed by atoms with van der Waals surface area (Å²) in [6, 6.07) is 0. The smallest absolute Gasteiger partial charge is 0.280 e. The molecule has 3 heterocycles. The Kier molecular flexibility index (Phi) is 3.47. The first-order chi connectivity index (χ1) is 9.61. The fourth-order valence-electron chi connectivity index (χ4n) is 2.73. The number of rotatable bonds is 3. The fourth-order valence-corrected chi connectivity index (χ4v) is 2.99. The van der Waals surface area contributed by atoms with Gasteiger partial charge in [-0.3, -0.25) is 14.0 Å². The average molecular weight is 294 g/mol. The molecular formula is C13H18N4O2S. The highest BCUT2D eigenvalue weighted by Gasteiger charge is 2.20. The van der Waals surface area contributed by atoms with Crippen molar-refractivity contribution in [3.05, 3.63) is 20.8 Å². The lowest BCUT2D eigenvalue weighted by atomic mass is 10.2. The molecule has 1 fully saturated rings. The van der Waals surface area contributed by atoms with Crippen LogP contribution in [0.25, 0.3) is 11.0 Å². The van der Waals surface area contributed by atoms with Crippen molar-refractivity contribution in [2.75, 3.05) is 6.61 Å². The van der Waals surface area contributed by atoms with Gasteiger partial charge in [-0.2, -0.15) is 5.10 Å². The second-order valence-electron chi connectivity index (χ2n) is 5.11. The molecule has 1 atom stereocenters. The van der Waals surface area contributed by atoms with Crippen molar-refractivity contribution in [2.45, 2.75) is 45.9 Å². The molecule has 20 heavy (non-hydrogen) atoms. The van der Waals surface area contributed by atoms with E-state index in [-0.39, 0.29) is 11.7 Å². The van der Waals surface area contributed by atoms with Gasteiger partial charge in [0.2, 0.25) is 0 Å². The number of aromatic nitrogens is 4. The van der Waals surface area contributed by atoms with Crippen LogP contribution in [0.5, 0.6) is 0 Å². The van der Waals surface area contributed by atoms with Gasteiger partial charge in [-0.15, -0.1) is 0 Å². The molecular weight excluding hydrogens is 276 g/mol. The van der Waals surface area contributed by atoms with E-state index < -0.39 is 0 Å². The van der Waals surface area contributed by atoms with Crippen molar-refractivity contribution in [1.82, 2.24) is 19.3 Å². The van der Waals surface area contributed by atoms with Crippen molar-refractivity contribution in [2.24, 2.45) is 0 Å². The number of hydrogen-bond acceptors (Lipinski definition) is 4. The average Bonchev–Trinajstić information content (AvgIpc) is 3.03. The Morgan fingerprint density at radius 3 is 3.00 bits per heavy atom. The van der Waals surface area contributed by atoms with E-state index >= 15 is 0 Å². The van der Waals surface area contributed by atoms with Crippen molar-refractivity contribution in [1.29, 1.82) is 0 Å². The first-order valence-corrected chi connectivity index (χ1v) is 7.34. The van der Waals surface area contributed by atoms with E-state index in [1.54, 1.807) is 9.25 Å². The van der Waals surface area contributed by atoms with E-state index in [0.717, 1.165) is 30.7 Å². The standard InChI is InChI=1S/C13H18N4O2S/c1-3-17-11-10(8(2)15-17)14-13(20)16(12(11)18)7-9-5-4-6-19-9/h9H,3-7H2,1-2H3,(H,14,20). The van der Waals surface area contributed by atoms with Crippen LogP contribution in [0.15, 0.2) is 4.79 Å². The van der Waals surface area contributed by atoms with Gasteiger partial charge in [0.15, 0.2) is 10.3 Å². The summed E-state index contributed by atoms with van der Waals surface area (Å²) in [5, 5.41) is 4.38. The number of ether oxygens (including phenoxy) is 1. The summed E-state index contributed by atoms with van der Waals surface area (Å²) in [6.07, 6.45) is 2.11. The molecule has 7 heteroatoms. The minimum Gasteiger partial charge on any atom is -0.376 e. The lowest BCUT2D eigenvalue weighted by Crippen LogP contribution is -2.29. The van der Waals surface area contributed by atoms with Crippen LogP contribution in [0.2, 0.25) is 0 Å². The van der Waals surface area contributed by atoms with E-state index in [1.165, 1.54) is 0 Å². The molecule has 1 aliphatic heterocycles. The monoisotopic (exact) mass is 294 g/mol. The van der Waals surface area contributed by atoms with Crippen molar-refractivity contribution in [3.63, 3.8) is 0 Å². The van der Waals surface area contributed by atoms with E-state index in [9.17, 15) is 4.79 Å². The highest BCUT2D eigenvalue weighted by Crippen LogP contribution is 2.15. The summed E-state index contributed by atoms with van der Waals surface area (Å²) in [5.74, 6) is 0. The Morgan fingerprint density at radius 2 is 2.35 bits per heavy atom. The van der Waals surface area contributed by atoms with Crippen LogP contribution < -0.4 is 5.56 Å². The van der Waals surface area contributed by atoms with Gasteiger partial charge in [0.05, 0.1) is 23.9 Å². The molecule has 0 aliphatic carbocycles. The van der Waals surface area contributed by atoms with Gasteiger partial charge in [-0.1, -0.05) is 0 Å². The Bertz CT molecular complexity index is 752. The molecule has 6 nitrogen and oxygen atoms in total. The molecule has 0 aromatic carbocycles. The van der Waals surface area contributed by atoms with E-state index in [0.29, 0.717) is 23.4 Å². The molecule has 1 aliphatic rings. The molecule has 3 rings (SSSR count).